The molecule has 0 aliphatic carbocycles. The predicted octanol–water partition coefficient (Wildman–Crippen LogP) is 3.56. The lowest BCUT2D eigenvalue weighted by Gasteiger charge is -2.13. The zero-order chi connectivity index (χ0) is 14.5. The Morgan fingerprint density at radius 2 is 2.00 bits per heavy atom. The molecule has 0 heterocycles. The Morgan fingerprint density at radius 3 is 2.65 bits per heavy atom. The average Bonchev–Trinajstić information content (AvgIpc) is 2.46. The highest BCUT2D eigenvalue weighted by molar-refractivity contribution is 6.31. The second-order valence-electron chi connectivity index (χ2n) is 4.13. The molecule has 0 bridgehead atoms. The molecule has 0 aromatic heterocycles. The lowest BCUT2D eigenvalue weighted by Crippen LogP contribution is -2.01. The summed E-state index contributed by atoms with van der Waals surface area (Å²) < 4.78 is 24.4. The van der Waals surface area contributed by atoms with E-state index in [0.717, 1.165) is 0 Å². The van der Waals surface area contributed by atoms with Gasteiger partial charge in [-0.05, 0) is 29.8 Å². The molecule has 2 rings (SSSR count). The molecule has 106 valence electrons. The van der Waals surface area contributed by atoms with Crippen LogP contribution in [0.15, 0.2) is 36.4 Å². The molecule has 2 aromatic rings. The first-order chi connectivity index (χ1) is 9.65. The van der Waals surface area contributed by atoms with Gasteiger partial charge >= 0.3 is 0 Å². The number of hydrogen-bond donors (Lipinski definition) is 1. The molecule has 5 heteroatoms. The van der Waals surface area contributed by atoms with Crippen LogP contribution in [0.25, 0.3) is 0 Å². The van der Waals surface area contributed by atoms with Crippen LogP contribution in [0.5, 0.6) is 11.5 Å². The van der Waals surface area contributed by atoms with E-state index in [1.165, 1.54) is 19.2 Å². The predicted molar refractivity (Wildman–Crippen MR) is 74.7 cm³/mol. The Kier molecular flexibility index (Phi) is 4.82. The van der Waals surface area contributed by atoms with Crippen molar-refractivity contribution in [2.75, 3.05) is 7.11 Å². The molecular formula is C15H14ClFO3. The fourth-order valence-electron chi connectivity index (χ4n) is 1.75. The van der Waals surface area contributed by atoms with Gasteiger partial charge in [-0.25, -0.2) is 4.39 Å². The molecule has 0 saturated carbocycles. The van der Waals surface area contributed by atoms with Gasteiger partial charge in [0.2, 0.25) is 0 Å². The molecule has 2 aromatic carbocycles. The van der Waals surface area contributed by atoms with E-state index in [-0.39, 0.29) is 18.8 Å². The van der Waals surface area contributed by atoms with Gasteiger partial charge in [0.05, 0.1) is 18.7 Å². The van der Waals surface area contributed by atoms with Crippen molar-refractivity contribution in [3.05, 3.63) is 58.4 Å². The minimum absolute atomic E-state index is 0.0171. The van der Waals surface area contributed by atoms with E-state index in [9.17, 15) is 4.39 Å². The Balaban J connectivity index is 2.22. The summed E-state index contributed by atoms with van der Waals surface area (Å²) in [5.74, 6) is 0.516. The first-order valence-corrected chi connectivity index (χ1v) is 6.37. The zero-order valence-electron chi connectivity index (χ0n) is 10.9. The number of benzene rings is 2. The number of hydrogen-bond acceptors (Lipinski definition) is 3. The third-order valence-corrected chi connectivity index (χ3v) is 3.20. The molecule has 3 nitrogen and oxygen atoms in total. The van der Waals surface area contributed by atoms with Gasteiger partial charge in [0.25, 0.3) is 0 Å². The number of aliphatic hydroxyl groups excluding tert-OH is 1. The van der Waals surface area contributed by atoms with Gasteiger partial charge in [-0.2, -0.15) is 0 Å². The Hall–Kier alpha value is -1.78. The van der Waals surface area contributed by atoms with E-state index < -0.39 is 5.82 Å². The molecule has 0 fully saturated rings. The summed E-state index contributed by atoms with van der Waals surface area (Å²) in [7, 11) is 1.51. The van der Waals surface area contributed by atoms with E-state index >= 15 is 0 Å². The van der Waals surface area contributed by atoms with E-state index in [2.05, 4.69) is 0 Å². The highest BCUT2D eigenvalue weighted by Gasteiger charge is 2.10. The quantitative estimate of drug-likeness (QED) is 0.917. The summed E-state index contributed by atoms with van der Waals surface area (Å²) in [6.45, 7) is -0.127. The lowest BCUT2D eigenvalue weighted by atomic mass is 10.2. The molecule has 0 aliphatic heterocycles. The van der Waals surface area contributed by atoms with Crippen molar-refractivity contribution in [3.8, 4) is 11.5 Å². The average molecular weight is 297 g/mol. The van der Waals surface area contributed by atoms with Crippen LogP contribution in [0.1, 0.15) is 11.1 Å². The van der Waals surface area contributed by atoms with Gasteiger partial charge < -0.3 is 14.6 Å². The van der Waals surface area contributed by atoms with E-state index in [4.69, 9.17) is 26.2 Å². The maximum atomic E-state index is 13.6. The Labute approximate surface area is 121 Å². The first-order valence-electron chi connectivity index (χ1n) is 5.99. The number of halogens is 2. The molecule has 20 heavy (non-hydrogen) atoms. The molecule has 0 atom stereocenters. The maximum Gasteiger partial charge on any atom is 0.162 e. The fraction of sp³-hybridized carbons (Fsp3) is 0.200. The highest BCUT2D eigenvalue weighted by atomic mass is 35.5. The summed E-state index contributed by atoms with van der Waals surface area (Å²) >= 11 is 5.94. The van der Waals surface area contributed by atoms with Crippen molar-refractivity contribution in [2.45, 2.75) is 13.2 Å². The second kappa shape index (κ2) is 6.59. The van der Waals surface area contributed by atoms with Crippen LogP contribution in [-0.4, -0.2) is 12.2 Å². The number of rotatable bonds is 5. The second-order valence-corrected chi connectivity index (χ2v) is 4.54. The van der Waals surface area contributed by atoms with Gasteiger partial charge in [0.1, 0.15) is 12.4 Å². The van der Waals surface area contributed by atoms with Crippen LogP contribution in [0.2, 0.25) is 5.02 Å². The minimum Gasteiger partial charge on any atom is -0.493 e. The van der Waals surface area contributed by atoms with Crippen LogP contribution in [0.3, 0.4) is 0 Å². The van der Waals surface area contributed by atoms with E-state index in [0.29, 0.717) is 22.1 Å². The van der Waals surface area contributed by atoms with Crippen LogP contribution >= 0.6 is 11.6 Å². The molecule has 0 aliphatic rings. The third kappa shape index (κ3) is 3.21. The minimum atomic E-state index is -0.422. The number of aliphatic hydroxyl groups is 1. The zero-order valence-corrected chi connectivity index (χ0v) is 11.7. The van der Waals surface area contributed by atoms with Crippen LogP contribution in [-0.2, 0) is 13.2 Å². The van der Waals surface area contributed by atoms with Crippen molar-refractivity contribution in [1.29, 1.82) is 0 Å². The van der Waals surface area contributed by atoms with Gasteiger partial charge in [-0.1, -0.05) is 23.7 Å². The van der Waals surface area contributed by atoms with Gasteiger partial charge in [-0.15, -0.1) is 0 Å². The largest absolute Gasteiger partial charge is 0.493 e. The Morgan fingerprint density at radius 1 is 1.20 bits per heavy atom. The van der Waals surface area contributed by atoms with Gasteiger partial charge in [0.15, 0.2) is 11.5 Å². The first kappa shape index (κ1) is 14.6. The summed E-state index contributed by atoms with van der Waals surface area (Å²) in [5, 5.41) is 9.43. The van der Waals surface area contributed by atoms with Crippen molar-refractivity contribution in [2.24, 2.45) is 0 Å². The third-order valence-electron chi connectivity index (χ3n) is 2.84. The summed E-state index contributed by atoms with van der Waals surface area (Å²) in [4.78, 5) is 0. The maximum absolute atomic E-state index is 13.6. The van der Waals surface area contributed by atoms with Crippen LogP contribution in [0.4, 0.5) is 4.39 Å². The highest BCUT2D eigenvalue weighted by Crippen LogP contribution is 2.30. The standard InChI is InChI=1S/C15H14ClFO3/c1-19-14-6-5-10(8-18)7-15(14)20-9-11-12(16)3-2-4-13(11)17/h2-7,18H,8-9H2,1H3. The summed E-state index contributed by atoms with van der Waals surface area (Å²) in [6.07, 6.45) is 0. The Bertz CT molecular complexity index is 581. The van der Waals surface area contributed by atoms with Crippen molar-refractivity contribution >= 4 is 11.6 Å². The molecule has 1 N–H and O–H groups in total. The normalized spacial score (nSPS) is 10.4. The summed E-state index contributed by atoms with van der Waals surface area (Å²) in [6, 6.07) is 9.52. The molecule has 0 radical (unpaired) electrons. The van der Waals surface area contributed by atoms with Gasteiger partial charge in [0, 0.05) is 5.56 Å². The van der Waals surface area contributed by atoms with Crippen LogP contribution < -0.4 is 9.47 Å². The molecule has 0 saturated heterocycles. The molecule has 0 unspecified atom stereocenters. The fourth-order valence-corrected chi connectivity index (χ4v) is 1.97. The lowest BCUT2D eigenvalue weighted by molar-refractivity contribution is 0.269. The van der Waals surface area contributed by atoms with Crippen molar-refractivity contribution < 1.29 is 19.0 Å². The smallest absolute Gasteiger partial charge is 0.162 e. The molecular weight excluding hydrogens is 283 g/mol. The van der Waals surface area contributed by atoms with Gasteiger partial charge in [-0.3, -0.25) is 0 Å². The van der Waals surface area contributed by atoms with Crippen molar-refractivity contribution in [3.63, 3.8) is 0 Å². The van der Waals surface area contributed by atoms with E-state index in [1.807, 2.05) is 0 Å². The number of ether oxygens (including phenoxy) is 2. The molecule has 0 amide bonds. The SMILES string of the molecule is COc1ccc(CO)cc1OCc1c(F)cccc1Cl. The van der Waals surface area contributed by atoms with E-state index in [1.54, 1.807) is 24.3 Å². The number of methoxy groups -OCH3 is 1. The topological polar surface area (TPSA) is 38.7 Å². The summed E-state index contributed by atoms with van der Waals surface area (Å²) in [5.41, 5.74) is 0.964. The van der Waals surface area contributed by atoms with Crippen molar-refractivity contribution in [1.82, 2.24) is 0 Å². The molecule has 0 spiro atoms. The monoisotopic (exact) mass is 296 g/mol. The van der Waals surface area contributed by atoms with Crippen LogP contribution in [0, 0.1) is 5.82 Å².